The summed E-state index contributed by atoms with van der Waals surface area (Å²) in [6, 6.07) is 5.43. The van der Waals surface area contributed by atoms with Crippen molar-refractivity contribution in [3.05, 3.63) is 35.6 Å². The van der Waals surface area contributed by atoms with Crippen molar-refractivity contribution in [3.63, 3.8) is 0 Å². The number of benzene rings is 1. The summed E-state index contributed by atoms with van der Waals surface area (Å²) in [7, 11) is 0. The number of carboxylic acids is 1. The van der Waals surface area contributed by atoms with E-state index < -0.39 is 23.4 Å². The third-order valence-corrected chi connectivity index (χ3v) is 3.51. The van der Waals surface area contributed by atoms with Crippen LogP contribution in [0.1, 0.15) is 18.4 Å². The highest BCUT2D eigenvalue weighted by Crippen LogP contribution is 2.21. The average Bonchev–Trinajstić information content (AvgIpc) is 2.47. The Morgan fingerprint density at radius 3 is 2.57 bits per heavy atom. The van der Waals surface area contributed by atoms with Crippen molar-refractivity contribution in [3.8, 4) is 0 Å². The Bertz CT molecular complexity index is 529. The SMILES string of the molecule is O=C(NCc1ccccc1F)NC1(C(=O)O)CCOCC1. The van der Waals surface area contributed by atoms with Gasteiger partial charge in [-0.05, 0) is 6.07 Å². The molecule has 0 saturated carbocycles. The molecule has 0 unspecified atom stereocenters. The molecule has 114 valence electrons. The van der Waals surface area contributed by atoms with Crippen molar-refractivity contribution < 1.29 is 23.8 Å². The lowest BCUT2D eigenvalue weighted by Gasteiger charge is -2.33. The van der Waals surface area contributed by atoms with E-state index in [1.165, 1.54) is 6.07 Å². The Balaban J connectivity index is 1.94. The molecule has 3 N–H and O–H groups in total. The Morgan fingerprint density at radius 1 is 1.29 bits per heavy atom. The fourth-order valence-electron chi connectivity index (χ4n) is 2.19. The number of carbonyl (C=O) groups is 2. The van der Waals surface area contributed by atoms with Gasteiger partial charge in [0.25, 0.3) is 0 Å². The number of rotatable bonds is 4. The third-order valence-electron chi connectivity index (χ3n) is 3.51. The van der Waals surface area contributed by atoms with Crippen LogP contribution in [0.15, 0.2) is 24.3 Å². The van der Waals surface area contributed by atoms with E-state index in [0.29, 0.717) is 5.56 Å². The normalized spacial score (nSPS) is 17.0. The van der Waals surface area contributed by atoms with Gasteiger partial charge in [0.05, 0.1) is 0 Å². The maximum atomic E-state index is 13.4. The summed E-state index contributed by atoms with van der Waals surface area (Å²) >= 11 is 0. The number of hydrogen-bond acceptors (Lipinski definition) is 3. The lowest BCUT2D eigenvalue weighted by atomic mass is 9.90. The first-order valence-corrected chi connectivity index (χ1v) is 6.64. The number of carboxylic acid groups (broad SMARTS) is 1. The number of nitrogens with one attached hydrogen (secondary N) is 2. The maximum Gasteiger partial charge on any atom is 0.329 e. The molecular formula is C14H17FN2O4. The molecule has 0 aromatic heterocycles. The van der Waals surface area contributed by atoms with Crippen molar-refractivity contribution in [2.24, 2.45) is 0 Å². The molecule has 1 aromatic carbocycles. The molecule has 21 heavy (non-hydrogen) atoms. The van der Waals surface area contributed by atoms with E-state index >= 15 is 0 Å². The number of aliphatic carboxylic acids is 1. The molecule has 2 amide bonds. The molecule has 1 aromatic rings. The zero-order valence-electron chi connectivity index (χ0n) is 11.4. The Hall–Kier alpha value is -2.15. The van der Waals surface area contributed by atoms with E-state index in [-0.39, 0.29) is 32.6 Å². The van der Waals surface area contributed by atoms with Crippen LogP contribution in [-0.4, -0.2) is 35.9 Å². The number of hydrogen-bond donors (Lipinski definition) is 3. The molecule has 0 aliphatic carbocycles. The minimum atomic E-state index is -1.32. The quantitative estimate of drug-likeness (QED) is 0.780. The summed E-state index contributed by atoms with van der Waals surface area (Å²) < 4.78 is 18.5. The van der Waals surface area contributed by atoms with E-state index in [0.717, 1.165) is 0 Å². The number of halogens is 1. The van der Waals surface area contributed by atoms with E-state index in [1.54, 1.807) is 18.2 Å². The first kappa shape index (κ1) is 15.2. The summed E-state index contributed by atoms with van der Waals surface area (Å²) in [6.07, 6.45) is 0.408. The van der Waals surface area contributed by atoms with Gasteiger partial charge in [-0.15, -0.1) is 0 Å². The summed E-state index contributed by atoms with van der Waals surface area (Å²) in [5.74, 6) is -1.51. The van der Waals surface area contributed by atoms with Crippen LogP contribution in [0.2, 0.25) is 0 Å². The molecule has 6 nitrogen and oxygen atoms in total. The molecular weight excluding hydrogens is 279 g/mol. The van der Waals surface area contributed by atoms with Gasteiger partial charge in [-0.1, -0.05) is 18.2 Å². The van der Waals surface area contributed by atoms with E-state index in [9.17, 15) is 19.1 Å². The predicted molar refractivity (Wildman–Crippen MR) is 72.2 cm³/mol. The van der Waals surface area contributed by atoms with Crippen molar-refractivity contribution in [2.45, 2.75) is 24.9 Å². The zero-order chi connectivity index (χ0) is 15.3. The second-order valence-electron chi connectivity index (χ2n) is 4.90. The minimum absolute atomic E-state index is 0.00922. The van der Waals surface area contributed by atoms with Crippen LogP contribution in [0.4, 0.5) is 9.18 Å². The second-order valence-corrected chi connectivity index (χ2v) is 4.90. The van der Waals surface area contributed by atoms with Gasteiger partial charge in [-0.2, -0.15) is 0 Å². The molecule has 1 aliphatic rings. The van der Waals surface area contributed by atoms with Crippen molar-refractivity contribution in [2.75, 3.05) is 13.2 Å². The highest BCUT2D eigenvalue weighted by Gasteiger charge is 2.41. The molecule has 0 bridgehead atoms. The standard InChI is InChI=1S/C14H17FN2O4/c15-11-4-2-1-3-10(11)9-16-13(20)17-14(12(18)19)5-7-21-8-6-14/h1-4H,5-9H2,(H,18,19)(H2,16,17,20). The van der Waals surface area contributed by atoms with Crippen LogP contribution in [0.5, 0.6) is 0 Å². The molecule has 7 heteroatoms. The minimum Gasteiger partial charge on any atom is -0.480 e. The van der Waals surface area contributed by atoms with Gasteiger partial charge in [-0.3, -0.25) is 0 Å². The first-order chi connectivity index (χ1) is 10.0. The highest BCUT2D eigenvalue weighted by atomic mass is 19.1. The van der Waals surface area contributed by atoms with Gasteiger partial charge < -0.3 is 20.5 Å². The van der Waals surface area contributed by atoms with Gasteiger partial charge in [0.1, 0.15) is 11.4 Å². The molecule has 1 heterocycles. The largest absolute Gasteiger partial charge is 0.480 e. The summed E-state index contributed by atoms with van der Waals surface area (Å²) in [6.45, 7) is 0.546. The van der Waals surface area contributed by atoms with E-state index in [4.69, 9.17) is 4.74 Å². The summed E-state index contributed by atoms with van der Waals surface area (Å²) in [4.78, 5) is 23.2. The van der Waals surface area contributed by atoms with Gasteiger partial charge in [0.2, 0.25) is 0 Å². The van der Waals surface area contributed by atoms with Gasteiger partial charge in [0.15, 0.2) is 0 Å². The van der Waals surface area contributed by atoms with Crippen LogP contribution >= 0.6 is 0 Å². The Kier molecular flexibility index (Phi) is 4.74. The molecule has 0 radical (unpaired) electrons. The summed E-state index contributed by atoms with van der Waals surface area (Å²) in [5, 5.41) is 14.3. The van der Waals surface area contributed by atoms with Crippen molar-refractivity contribution in [1.29, 1.82) is 0 Å². The third kappa shape index (κ3) is 3.69. The van der Waals surface area contributed by atoms with E-state index in [2.05, 4.69) is 10.6 Å². The monoisotopic (exact) mass is 296 g/mol. The van der Waals surface area contributed by atoms with Crippen LogP contribution in [0.25, 0.3) is 0 Å². The molecule has 0 spiro atoms. The van der Waals surface area contributed by atoms with Gasteiger partial charge in [0, 0.05) is 38.2 Å². The predicted octanol–water partition coefficient (Wildman–Crippen LogP) is 1.26. The van der Waals surface area contributed by atoms with Crippen LogP contribution < -0.4 is 10.6 Å². The lowest BCUT2D eigenvalue weighted by Crippen LogP contribution is -2.59. The maximum absolute atomic E-state index is 13.4. The lowest BCUT2D eigenvalue weighted by molar-refractivity contribution is -0.148. The average molecular weight is 296 g/mol. The topological polar surface area (TPSA) is 87.7 Å². The fraction of sp³-hybridized carbons (Fsp3) is 0.429. The van der Waals surface area contributed by atoms with Crippen molar-refractivity contribution >= 4 is 12.0 Å². The Labute approximate surface area is 121 Å². The van der Waals surface area contributed by atoms with Crippen LogP contribution in [-0.2, 0) is 16.1 Å². The number of urea groups is 1. The van der Waals surface area contributed by atoms with Crippen LogP contribution in [0, 0.1) is 5.82 Å². The molecule has 2 rings (SSSR count). The smallest absolute Gasteiger partial charge is 0.329 e. The molecule has 1 saturated heterocycles. The second kappa shape index (κ2) is 6.53. The Morgan fingerprint density at radius 2 is 1.95 bits per heavy atom. The summed E-state index contributed by atoms with van der Waals surface area (Å²) in [5.41, 5.74) is -0.985. The van der Waals surface area contributed by atoms with Crippen LogP contribution in [0.3, 0.4) is 0 Å². The van der Waals surface area contributed by atoms with Gasteiger partial charge >= 0.3 is 12.0 Å². The van der Waals surface area contributed by atoms with Crippen molar-refractivity contribution in [1.82, 2.24) is 10.6 Å². The molecule has 0 atom stereocenters. The number of ether oxygens (including phenoxy) is 1. The molecule has 1 fully saturated rings. The fourth-order valence-corrected chi connectivity index (χ4v) is 2.19. The van der Waals surface area contributed by atoms with Gasteiger partial charge in [-0.25, -0.2) is 14.0 Å². The van der Waals surface area contributed by atoms with E-state index in [1.807, 2.05) is 0 Å². The number of carbonyl (C=O) groups excluding carboxylic acids is 1. The zero-order valence-corrected chi connectivity index (χ0v) is 11.4. The molecule has 1 aliphatic heterocycles. The number of amides is 2. The highest BCUT2D eigenvalue weighted by molar-refractivity contribution is 5.86. The first-order valence-electron chi connectivity index (χ1n) is 6.64.